The number of thioether (sulfide) groups is 1. The summed E-state index contributed by atoms with van der Waals surface area (Å²) >= 11 is 1.96. The van der Waals surface area contributed by atoms with E-state index in [4.69, 9.17) is 0 Å². The van der Waals surface area contributed by atoms with E-state index in [1.807, 2.05) is 11.8 Å². The van der Waals surface area contributed by atoms with E-state index in [1.54, 1.807) is 0 Å². The lowest BCUT2D eigenvalue weighted by molar-refractivity contribution is -0.0236. The first-order valence-electron chi connectivity index (χ1n) is 8.62. The van der Waals surface area contributed by atoms with E-state index in [1.165, 1.54) is 17.7 Å². The molecule has 0 amide bonds. The molecule has 2 aliphatic rings. The van der Waals surface area contributed by atoms with Crippen molar-refractivity contribution < 1.29 is 5.11 Å². The smallest absolute Gasteiger partial charge is 0.191 e. The fraction of sp³-hybridized carbons (Fsp3) is 0.611. The number of guanidine groups is 1. The zero-order chi connectivity index (χ0) is 16.2. The molecule has 0 aliphatic heterocycles. The minimum absolute atomic E-state index is 0. The maximum absolute atomic E-state index is 10.2. The highest BCUT2D eigenvalue weighted by Crippen LogP contribution is 2.51. The Morgan fingerprint density at radius 2 is 1.88 bits per heavy atom. The molecule has 2 aliphatic carbocycles. The van der Waals surface area contributed by atoms with Crippen LogP contribution in [0.1, 0.15) is 39.0 Å². The number of hydrogen-bond acceptors (Lipinski definition) is 3. The third kappa shape index (κ3) is 5.52. The van der Waals surface area contributed by atoms with E-state index in [-0.39, 0.29) is 24.0 Å². The van der Waals surface area contributed by atoms with Crippen molar-refractivity contribution in [1.29, 1.82) is 0 Å². The van der Waals surface area contributed by atoms with E-state index >= 15 is 0 Å². The molecule has 2 fully saturated rings. The number of nitrogens with one attached hydrogen (secondary N) is 2. The van der Waals surface area contributed by atoms with E-state index in [2.05, 4.69) is 52.9 Å². The topological polar surface area (TPSA) is 56.7 Å². The van der Waals surface area contributed by atoms with Gasteiger partial charge in [-0.15, -0.1) is 35.7 Å². The van der Waals surface area contributed by atoms with Crippen LogP contribution in [0.25, 0.3) is 0 Å². The molecule has 0 atom stereocenters. The first kappa shape index (κ1) is 19.8. The van der Waals surface area contributed by atoms with E-state index in [0.29, 0.717) is 11.3 Å². The molecule has 0 spiro atoms. The minimum Gasteiger partial charge on any atom is -0.388 e. The highest BCUT2D eigenvalue weighted by molar-refractivity contribution is 14.0. The van der Waals surface area contributed by atoms with Crippen molar-refractivity contribution >= 4 is 41.7 Å². The third-order valence-corrected chi connectivity index (χ3v) is 6.12. The van der Waals surface area contributed by atoms with Crippen molar-refractivity contribution in [2.24, 2.45) is 4.99 Å². The van der Waals surface area contributed by atoms with Gasteiger partial charge in [0.1, 0.15) is 0 Å². The van der Waals surface area contributed by atoms with Gasteiger partial charge in [0.15, 0.2) is 5.96 Å². The van der Waals surface area contributed by atoms with Crippen LogP contribution in [0, 0.1) is 0 Å². The standard InChI is InChI=1S/C18H27N3OS.HI/c1-2-19-16(20-13-17(22)9-6-10-17)21-14-18(11-12-18)23-15-7-4-3-5-8-15;/h3-5,7-8,22H,2,6,9-14H2,1H3,(H2,19,20,21);1H. The highest BCUT2D eigenvalue weighted by Gasteiger charge is 2.43. The summed E-state index contributed by atoms with van der Waals surface area (Å²) in [6.45, 7) is 4.32. The molecular formula is C18H28IN3OS. The summed E-state index contributed by atoms with van der Waals surface area (Å²) in [6, 6.07) is 10.6. The maximum Gasteiger partial charge on any atom is 0.191 e. The Balaban J connectivity index is 0.00000208. The fourth-order valence-electron chi connectivity index (χ4n) is 2.75. The molecule has 1 aromatic rings. The van der Waals surface area contributed by atoms with Crippen molar-refractivity contribution in [2.75, 3.05) is 19.6 Å². The fourth-order valence-corrected chi connectivity index (χ4v) is 3.99. The van der Waals surface area contributed by atoms with Gasteiger partial charge in [0.2, 0.25) is 0 Å². The Morgan fingerprint density at radius 3 is 2.42 bits per heavy atom. The summed E-state index contributed by atoms with van der Waals surface area (Å²) in [5, 5.41) is 17.0. The van der Waals surface area contributed by atoms with Crippen molar-refractivity contribution in [3.05, 3.63) is 30.3 Å². The lowest BCUT2D eigenvalue weighted by Crippen LogP contribution is -2.44. The van der Waals surface area contributed by atoms with Gasteiger partial charge in [-0.25, -0.2) is 0 Å². The van der Waals surface area contributed by atoms with Crippen LogP contribution in [0.2, 0.25) is 0 Å². The summed E-state index contributed by atoms with van der Waals surface area (Å²) in [5.74, 6) is 0.827. The van der Waals surface area contributed by atoms with Crippen molar-refractivity contribution in [3.8, 4) is 0 Å². The van der Waals surface area contributed by atoms with Gasteiger partial charge < -0.3 is 15.7 Å². The van der Waals surface area contributed by atoms with Gasteiger partial charge in [0.25, 0.3) is 0 Å². The Kier molecular flexibility index (Phi) is 7.24. The quantitative estimate of drug-likeness (QED) is 0.331. The number of hydrogen-bond donors (Lipinski definition) is 3. The third-order valence-electron chi connectivity index (χ3n) is 4.62. The Hall–Kier alpha value is -0.470. The van der Waals surface area contributed by atoms with Gasteiger partial charge >= 0.3 is 0 Å². The zero-order valence-electron chi connectivity index (χ0n) is 14.3. The number of rotatable bonds is 7. The van der Waals surface area contributed by atoms with E-state index < -0.39 is 5.60 Å². The monoisotopic (exact) mass is 461 g/mol. The normalized spacial score (nSPS) is 20.5. The first-order chi connectivity index (χ1) is 11.1. The summed E-state index contributed by atoms with van der Waals surface area (Å²) in [7, 11) is 0. The number of aliphatic hydroxyl groups is 1. The van der Waals surface area contributed by atoms with Gasteiger partial charge in [-0.05, 0) is 51.2 Å². The molecule has 0 aromatic heterocycles. The Bertz CT molecular complexity index is 544. The largest absolute Gasteiger partial charge is 0.388 e. The summed E-state index contributed by atoms with van der Waals surface area (Å²) in [5.41, 5.74) is -0.557. The van der Waals surface area contributed by atoms with Gasteiger partial charge in [0, 0.05) is 22.7 Å². The molecule has 0 unspecified atom stereocenters. The van der Waals surface area contributed by atoms with E-state index in [9.17, 15) is 5.11 Å². The number of benzene rings is 1. The van der Waals surface area contributed by atoms with Gasteiger partial charge in [-0.1, -0.05) is 18.2 Å². The van der Waals surface area contributed by atoms with Crippen LogP contribution in [0.4, 0.5) is 0 Å². The number of nitrogens with zero attached hydrogens (tertiary/aromatic N) is 1. The number of halogens is 1. The van der Waals surface area contributed by atoms with Crippen LogP contribution >= 0.6 is 35.7 Å². The van der Waals surface area contributed by atoms with Gasteiger partial charge in [0.05, 0.1) is 12.1 Å². The number of aliphatic imine (C=N–C) groups is 1. The van der Waals surface area contributed by atoms with Crippen LogP contribution in [0.3, 0.4) is 0 Å². The van der Waals surface area contributed by atoms with Crippen LogP contribution in [0.5, 0.6) is 0 Å². The molecule has 0 heterocycles. The minimum atomic E-state index is -0.557. The predicted molar refractivity (Wildman–Crippen MR) is 112 cm³/mol. The molecule has 3 N–H and O–H groups in total. The molecule has 134 valence electrons. The van der Waals surface area contributed by atoms with Crippen molar-refractivity contribution in [2.45, 2.75) is 54.3 Å². The molecule has 4 nitrogen and oxygen atoms in total. The second-order valence-corrected chi connectivity index (χ2v) is 8.27. The van der Waals surface area contributed by atoms with Crippen molar-refractivity contribution in [1.82, 2.24) is 10.6 Å². The molecule has 24 heavy (non-hydrogen) atoms. The van der Waals surface area contributed by atoms with Crippen LogP contribution in [-0.4, -0.2) is 41.0 Å². The Morgan fingerprint density at radius 1 is 1.17 bits per heavy atom. The van der Waals surface area contributed by atoms with Crippen LogP contribution < -0.4 is 10.6 Å². The summed E-state index contributed by atoms with van der Waals surface area (Å²) < 4.78 is 0.297. The zero-order valence-corrected chi connectivity index (χ0v) is 17.4. The average Bonchev–Trinajstić information content (AvgIpc) is 3.29. The highest BCUT2D eigenvalue weighted by atomic mass is 127. The lowest BCUT2D eigenvalue weighted by atomic mass is 9.80. The maximum atomic E-state index is 10.2. The van der Waals surface area contributed by atoms with Gasteiger partial charge in [-0.3, -0.25) is 4.99 Å². The first-order valence-corrected chi connectivity index (χ1v) is 9.43. The molecule has 0 saturated heterocycles. The van der Waals surface area contributed by atoms with E-state index in [0.717, 1.165) is 38.3 Å². The predicted octanol–water partition coefficient (Wildman–Crippen LogP) is 3.40. The van der Waals surface area contributed by atoms with Crippen LogP contribution in [0.15, 0.2) is 40.2 Å². The van der Waals surface area contributed by atoms with Crippen LogP contribution in [-0.2, 0) is 0 Å². The SMILES string of the molecule is CCNC(=NCC1(O)CCC1)NCC1(Sc2ccccc2)CC1.I. The molecule has 0 radical (unpaired) electrons. The van der Waals surface area contributed by atoms with Crippen molar-refractivity contribution in [3.63, 3.8) is 0 Å². The molecule has 2 saturated carbocycles. The lowest BCUT2D eigenvalue weighted by Gasteiger charge is -2.35. The summed E-state index contributed by atoms with van der Waals surface area (Å²) in [6.07, 6.45) is 5.35. The molecule has 6 heteroatoms. The summed E-state index contributed by atoms with van der Waals surface area (Å²) in [4.78, 5) is 5.91. The second-order valence-electron chi connectivity index (χ2n) is 6.72. The Labute approximate surface area is 166 Å². The van der Waals surface area contributed by atoms with Gasteiger partial charge in [-0.2, -0.15) is 0 Å². The molecular weight excluding hydrogens is 433 g/mol. The second kappa shape index (κ2) is 8.76. The average molecular weight is 461 g/mol. The molecule has 3 rings (SSSR count). The molecule has 1 aromatic carbocycles. The molecule has 0 bridgehead atoms.